The first-order chi connectivity index (χ1) is 21.7. The van der Waals surface area contributed by atoms with Crippen molar-refractivity contribution in [3.05, 3.63) is 59.7 Å². The van der Waals surface area contributed by atoms with Crippen LogP contribution in [0.5, 0.6) is 0 Å². The van der Waals surface area contributed by atoms with Gasteiger partial charge in [-0.3, -0.25) is 0 Å². The molecule has 0 aromatic heterocycles. The predicted molar refractivity (Wildman–Crippen MR) is 185 cm³/mol. The molecule has 258 valence electrons. The van der Waals surface area contributed by atoms with Gasteiger partial charge < -0.3 is 33.6 Å². The van der Waals surface area contributed by atoms with E-state index in [1.165, 1.54) is 18.6 Å². The highest BCUT2D eigenvalue weighted by molar-refractivity contribution is 6.62. The lowest BCUT2D eigenvalue weighted by Crippen LogP contribution is -2.65. The summed E-state index contributed by atoms with van der Waals surface area (Å²) in [6, 6.07) is 13.5. The minimum Gasteiger partial charge on any atom is -0.456 e. The van der Waals surface area contributed by atoms with E-state index in [4.69, 9.17) is 33.6 Å². The Morgan fingerprint density at radius 3 is 1.87 bits per heavy atom. The van der Waals surface area contributed by atoms with E-state index < -0.39 is 31.4 Å². The van der Waals surface area contributed by atoms with E-state index in [1.54, 1.807) is 39.0 Å². The third-order valence-electron chi connectivity index (χ3n) is 8.97. The number of esters is 2. The van der Waals surface area contributed by atoms with Crippen molar-refractivity contribution in [2.45, 2.75) is 112 Å². The minimum absolute atomic E-state index is 0.134. The molecule has 0 spiro atoms. The van der Waals surface area contributed by atoms with Gasteiger partial charge >= 0.3 is 26.2 Å². The van der Waals surface area contributed by atoms with E-state index in [0.29, 0.717) is 22.5 Å². The summed E-state index contributed by atoms with van der Waals surface area (Å²) in [5.74, 6) is 0.457. The van der Waals surface area contributed by atoms with Crippen molar-refractivity contribution in [1.82, 2.24) is 0 Å². The van der Waals surface area contributed by atoms with Crippen LogP contribution in [0.3, 0.4) is 0 Å². The highest BCUT2D eigenvalue weighted by Gasteiger charge is 2.68. The number of benzene rings is 2. The molecule has 47 heavy (non-hydrogen) atoms. The fraction of sp³-hybridized carbons (Fsp3) is 0.611. The summed E-state index contributed by atoms with van der Waals surface area (Å²) in [5.41, 5.74) is 0.997. The first-order valence-corrected chi connectivity index (χ1v) is 16.7. The molecule has 6 rings (SSSR count). The van der Waals surface area contributed by atoms with E-state index in [2.05, 4.69) is 20.8 Å². The minimum atomic E-state index is -1.58. The van der Waals surface area contributed by atoms with Crippen molar-refractivity contribution in [2.24, 2.45) is 17.3 Å². The second-order valence-corrected chi connectivity index (χ2v) is 15.2. The van der Waals surface area contributed by atoms with Crippen molar-refractivity contribution >= 4 is 37.1 Å². The first kappa shape index (κ1) is 38.8. The van der Waals surface area contributed by atoms with Crippen LogP contribution in [0.15, 0.2) is 48.5 Å². The highest BCUT2D eigenvalue weighted by atomic mass is 16.7. The van der Waals surface area contributed by atoms with Crippen molar-refractivity contribution in [3.63, 3.8) is 0 Å². The Morgan fingerprint density at radius 2 is 1.40 bits per heavy atom. The number of hydrogen-bond acceptors (Lipinski definition) is 9. The summed E-state index contributed by atoms with van der Waals surface area (Å²) >= 11 is 0. The van der Waals surface area contributed by atoms with Crippen LogP contribution in [0.2, 0.25) is 0 Å². The zero-order chi connectivity index (χ0) is 35.4. The fourth-order valence-corrected chi connectivity index (χ4v) is 6.53. The van der Waals surface area contributed by atoms with Crippen LogP contribution in [0.4, 0.5) is 0 Å². The molecule has 4 atom stereocenters. The maximum atomic E-state index is 12.4. The van der Waals surface area contributed by atoms with Crippen LogP contribution in [0.25, 0.3) is 0 Å². The van der Waals surface area contributed by atoms with Gasteiger partial charge in [-0.05, 0) is 128 Å². The number of hydrogen-bond donors (Lipinski definition) is 2. The second-order valence-electron chi connectivity index (χ2n) is 15.2. The Bertz CT molecular complexity index is 1360. The summed E-state index contributed by atoms with van der Waals surface area (Å²) in [5, 5.41) is 17.9. The molecule has 4 fully saturated rings. The molecule has 0 amide bonds. The Balaban J connectivity index is 0.000000244. The van der Waals surface area contributed by atoms with Gasteiger partial charge in [0.15, 0.2) is 0 Å². The highest BCUT2D eigenvalue weighted by Crippen LogP contribution is 2.65. The van der Waals surface area contributed by atoms with Gasteiger partial charge in [0.1, 0.15) is 11.2 Å². The van der Waals surface area contributed by atoms with Crippen LogP contribution in [0.1, 0.15) is 110 Å². The van der Waals surface area contributed by atoms with Gasteiger partial charge in [-0.1, -0.05) is 38.1 Å². The molecule has 1 aliphatic heterocycles. The Labute approximate surface area is 282 Å². The van der Waals surface area contributed by atoms with Crippen LogP contribution in [0, 0.1) is 17.3 Å². The van der Waals surface area contributed by atoms with E-state index >= 15 is 0 Å². The quantitative estimate of drug-likeness (QED) is 0.330. The summed E-state index contributed by atoms with van der Waals surface area (Å²) in [7, 11) is -2.00. The normalized spacial score (nSPS) is 23.9. The van der Waals surface area contributed by atoms with Gasteiger partial charge in [0, 0.05) is 13.2 Å². The molecule has 1 heterocycles. The van der Waals surface area contributed by atoms with Crippen molar-refractivity contribution in [3.8, 4) is 0 Å². The molecule has 0 radical (unpaired) electrons. The Hall–Kier alpha value is -2.69. The standard InChI is InChI=1S/C21H29BO4.C11H15BO4.C4H10O/c1-19(2,3)24-18(23)13-8-7-9-15(10-13)22-25-17-12-14-11-16(20(14,4)5)21(17,6)26-22;1-11(2,3)16-10(13)8-5-4-6-9(7-8)12(14)15;1-3-5-4-2/h7-10,14,16-17H,11-12H2,1-6H3;4-7,14-15H,1-3H3;3-4H2,1-2H3. The number of rotatable bonds is 6. The SMILES string of the molecule is CC(C)(C)OC(=O)c1cccc(B(O)O)c1.CC(C)(C)OC(=O)c1cccc(B2OC3CC4CC(C4(C)C)C3(C)O2)c1.CCOCC. The lowest BCUT2D eigenvalue weighted by atomic mass is 9.43. The molecule has 4 aliphatic rings. The number of carbonyl (C=O) groups is 2. The molecule has 9 nitrogen and oxygen atoms in total. The van der Waals surface area contributed by atoms with E-state index in [0.717, 1.165) is 31.0 Å². The topological polar surface area (TPSA) is 121 Å². The van der Waals surface area contributed by atoms with Gasteiger partial charge in [0.05, 0.1) is 22.8 Å². The van der Waals surface area contributed by atoms with Crippen molar-refractivity contribution < 1.29 is 43.2 Å². The van der Waals surface area contributed by atoms with Gasteiger partial charge in [-0.15, -0.1) is 0 Å². The summed E-state index contributed by atoms with van der Waals surface area (Å²) in [6.07, 6.45) is 2.42. The van der Waals surface area contributed by atoms with Crippen LogP contribution < -0.4 is 10.9 Å². The average molecular weight is 652 g/mol. The van der Waals surface area contributed by atoms with Gasteiger partial charge in [-0.2, -0.15) is 0 Å². The largest absolute Gasteiger partial charge is 0.494 e. The van der Waals surface area contributed by atoms with E-state index in [9.17, 15) is 9.59 Å². The lowest BCUT2D eigenvalue weighted by Gasteiger charge is -2.64. The Morgan fingerprint density at radius 1 is 0.872 bits per heavy atom. The lowest BCUT2D eigenvalue weighted by molar-refractivity contribution is -0.199. The molecular weight excluding hydrogens is 598 g/mol. The molecule has 2 N–H and O–H groups in total. The summed E-state index contributed by atoms with van der Waals surface area (Å²) in [6.45, 7) is 23.5. The zero-order valence-corrected chi connectivity index (χ0v) is 30.1. The fourth-order valence-electron chi connectivity index (χ4n) is 6.53. The Kier molecular flexibility index (Phi) is 12.6. The van der Waals surface area contributed by atoms with Gasteiger partial charge in [0.25, 0.3) is 0 Å². The average Bonchev–Trinajstić information content (AvgIpc) is 3.34. The molecule has 2 aromatic carbocycles. The molecule has 2 bridgehead atoms. The van der Waals surface area contributed by atoms with Crippen molar-refractivity contribution in [2.75, 3.05) is 13.2 Å². The molecule has 3 saturated carbocycles. The smallest absolute Gasteiger partial charge is 0.456 e. The number of ether oxygens (including phenoxy) is 3. The van der Waals surface area contributed by atoms with Crippen LogP contribution in [-0.4, -0.2) is 72.3 Å². The molecule has 1 saturated heterocycles. The molecular formula is C36H54B2O9. The predicted octanol–water partition coefficient (Wildman–Crippen LogP) is 4.94. The maximum absolute atomic E-state index is 12.4. The third kappa shape index (κ3) is 9.92. The van der Waals surface area contributed by atoms with E-state index in [1.807, 2.05) is 52.8 Å². The van der Waals surface area contributed by atoms with Gasteiger partial charge in [-0.25, -0.2) is 9.59 Å². The first-order valence-electron chi connectivity index (χ1n) is 16.7. The monoisotopic (exact) mass is 652 g/mol. The van der Waals surface area contributed by atoms with Crippen molar-refractivity contribution in [1.29, 1.82) is 0 Å². The second kappa shape index (κ2) is 15.2. The summed E-state index contributed by atoms with van der Waals surface area (Å²) in [4.78, 5) is 24.0. The van der Waals surface area contributed by atoms with Gasteiger partial charge in [0.2, 0.25) is 0 Å². The molecule has 2 aromatic rings. The molecule has 3 aliphatic carbocycles. The number of carbonyl (C=O) groups excluding carboxylic acids is 2. The molecule has 4 unspecified atom stereocenters. The van der Waals surface area contributed by atoms with E-state index in [-0.39, 0.29) is 23.1 Å². The van der Waals surface area contributed by atoms with Crippen LogP contribution in [-0.2, 0) is 23.5 Å². The molecule has 11 heteroatoms. The third-order valence-corrected chi connectivity index (χ3v) is 8.97. The zero-order valence-electron chi connectivity index (χ0n) is 30.1. The van der Waals surface area contributed by atoms with Crippen LogP contribution >= 0.6 is 0 Å². The summed E-state index contributed by atoms with van der Waals surface area (Å²) < 4.78 is 28.3. The maximum Gasteiger partial charge on any atom is 0.494 e.